The zero-order valence-electron chi connectivity index (χ0n) is 14.3. The Hall–Kier alpha value is -1.70. The summed E-state index contributed by atoms with van der Waals surface area (Å²) in [6.45, 7) is 5.77. The van der Waals surface area contributed by atoms with E-state index in [4.69, 9.17) is 4.74 Å². The zero-order chi connectivity index (χ0) is 17.3. The quantitative estimate of drug-likeness (QED) is 0.845. The smallest absolute Gasteiger partial charge is 0.211 e. The topological polar surface area (TPSA) is 64.4 Å². The van der Waals surface area contributed by atoms with Gasteiger partial charge in [0.2, 0.25) is 10.0 Å². The second-order valence-electron chi connectivity index (χ2n) is 6.19. The first-order valence-corrected chi connectivity index (χ1v) is 9.85. The number of ether oxygens (including phenoxy) is 1. The number of benzene rings is 1. The second-order valence-corrected chi connectivity index (χ2v) is 8.13. The summed E-state index contributed by atoms with van der Waals surface area (Å²) in [7, 11) is -3.29. The summed E-state index contributed by atoms with van der Waals surface area (Å²) in [4.78, 5) is 0. The highest BCUT2D eigenvalue weighted by molar-refractivity contribution is 7.88. The molecule has 1 aliphatic rings. The van der Waals surface area contributed by atoms with Gasteiger partial charge in [-0.3, -0.25) is 4.68 Å². The molecular formula is C17H23N3O3S. The predicted octanol–water partition coefficient (Wildman–Crippen LogP) is 1.88. The Balaban J connectivity index is 1.96. The molecule has 7 heteroatoms. The van der Waals surface area contributed by atoms with E-state index < -0.39 is 10.0 Å². The summed E-state index contributed by atoms with van der Waals surface area (Å²) in [6.07, 6.45) is 1.25. The lowest BCUT2D eigenvalue weighted by Crippen LogP contribution is -2.43. The van der Waals surface area contributed by atoms with Gasteiger partial charge in [-0.2, -0.15) is 9.40 Å². The molecule has 0 unspecified atom stereocenters. The Morgan fingerprint density at radius 3 is 2.62 bits per heavy atom. The standard InChI is InChI=1S/C17H23N3O3S/c1-13-17(16-12-23-10-9-20(16)24(3,21)22)14(2)19(18-13)11-15-7-5-4-6-8-15/h4-8,16H,9-12H2,1-3H3/t16-/m1/s1. The van der Waals surface area contributed by atoms with E-state index in [0.29, 0.717) is 26.3 Å². The van der Waals surface area contributed by atoms with Gasteiger partial charge < -0.3 is 4.74 Å². The number of hydrogen-bond donors (Lipinski definition) is 0. The fourth-order valence-electron chi connectivity index (χ4n) is 3.32. The third kappa shape index (κ3) is 3.38. The fraction of sp³-hybridized carbons (Fsp3) is 0.471. The highest BCUT2D eigenvalue weighted by Crippen LogP contribution is 2.31. The van der Waals surface area contributed by atoms with Crippen LogP contribution in [-0.4, -0.2) is 48.5 Å². The van der Waals surface area contributed by atoms with Gasteiger partial charge in [-0.15, -0.1) is 0 Å². The van der Waals surface area contributed by atoms with Gasteiger partial charge in [-0.05, 0) is 19.4 Å². The molecule has 2 aromatic rings. The monoisotopic (exact) mass is 349 g/mol. The lowest BCUT2D eigenvalue weighted by molar-refractivity contribution is 0.0319. The summed E-state index contributed by atoms with van der Waals surface area (Å²) < 4.78 is 33.3. The molecule has 1 aromatic carbocycles. The normalized spacial score (nSPS) is 19.5. The third-order valence-electron chi connectivity index (χ3n) is 4.45. The van der Waals surface area contributed by atoms with Crippen LogP contribution in [-0.2, 0) is 21.3 Å². The maximum Gasteiger partial charge on any atom is 0.211 e. The molecule has 24 heavy (non-hydrogen) atoms. The molecule has 0 saturated carbocycles. The summed E-state index contributed by atoms with van der Waals surface area (Å²) in [6, 6.07) is 9.80. The first-order valence-electron chi connectivity index (χ1n) is 8.00. The van der Waals surface area contributed by atoms with Gasteiger partial charge in [0.25, 0.3) is 0 Å². The minimum Gasteiger partial charge on any atom is -0.378 e. The van der Waals surface area contributed by atoms with Crippen molar-refractivity contribution < 1.29 is 13.2 Å². The predicted molar refractivity (Wildman–Crippen MR) is 92.4 cm³/mol. The van der Waals surface area contributed by atoms with E-state index in [1.807, 2.05) is 36.7 Å². The van der Waals surface area contributed by atoms with Crippen LogP contribution in [0.15, 0.2) is 30.3 Å². The molecule has 0 radical (unpaired) electrons. The van der Waals surface area contributed by atoms with Crippen molar-refractivity contribution in [2.45, 2.75) is 26.4 Å². The molecule has 2 heterocycles. The van der Waals surface area contributed by atoms with E-state index in [1.165, 1.54) is 10.6 Å². The van der Waals surface area contributed by atoms with Gasteiger partial charge in [0.05, 0.1) is 37.8 Å². The highest BCUT2D eigenvalue weighted by Gasteiger charge is 2.34. The first kappa shape index (κ1) is 17.1. The van der Waals surface area contributed by atoms with Crippen LogP contribution in [0.25, 0.3) is 0 Å². The van der Waals surface area contributed by atoms with E-state index in [-0.39, 0.29) is 6.04 Å². The molecular weight excluding hydrogens is 326 g/mol. The molecule has 0 spiro atoms. The average molecular weight is 349 g/mol. The Labute approximate surface area is 143 Å². The highest BCUT2D eigenvalue weighted by atomic mass is 32.2. The van der Waals surface area contributed by atoms with Gasteiger partial charge in [-0.1, -0.05) is 30.3 Å². The van der Waals surface area contributed by atoms with E-state index in [1.54, 1.807) is 0 Å². The molecule has 0 N–H and O–H groups in total. The van der Waals surface area contributed by atoms with E-state index in [0.717, 1.165) is 22.5 Å². The summed E-state index contributed by atoms with van der Waals surface area (Å²) in [5, 5.41) is 4.64. The Kier molecular flexibility index (Phi) is 4.76. The molecule has 1 atom stereocenters. The molecule has 1 fully saturated rings. The van der Waals surface area contributed by atoms with Crippen molar-refractivity contribution in [1.82, 2.24) is 14.1 Å². The summed E-state index contributed by atoms with van der Waals surface area (Å²) in [5.41, 5.74) is 3.96. The number of rotatable bonds is 4. The largest absolute Gasteiger partial charge is 0.378 e. The van der Waals surface area contributed by atoms with Gasteiger partial charge in [-0.25, -0.2) is 8.42 Å². The third-order valence-corrected chi connectivity index (χ3v) is 5.74. The number of morpholine rings is 1. The first-order chi connectivity index (χ1) is 11.4. The van der Waals surface area contributed by atoms with Crippen molar-refractivity contribution in [3.05, 3.63) is 52.8 Å². The van der Waals surface area contributed by atoms with Gasteiger partial charge in [0.15, 0.2) is 0 Å². The molecule has 1 aliphatic heterocycles. The minimum atomic E-state index is -3.29. The maximum absolute atomic E-state index is 12.1. The molecule has 1 saturated heterocycles. The SMILES string of the molecule is Cc1nn(Cc2ccccc2)c(C)c1[C@H]1COCCN1S(C)(=O)=O. The van der Waals surface area contributed by atoms with Crippen molar-refractivity contribution in [3.63, 3.8) is 0 Å². The average Bonchev–Trinajstić information content (AvgIpc) is 2.81. The van der Waals surface area contributed by atoms with E-state index >= 15 is 0 Å². The lowest BCUT2D eigenvalue weighted by atomic mass is 10.0. The van der Waals surface area contributed by atoms with Crippen molar-refractivity contribution >= 4 is 10.0 Å². The van der Waals surface area contributed by atoms with Crippen molar-refractivity contribution in [1.29, 1.82) is 0 Å². The number of nitrogens with zero attached hydrogens (tertiary/aromatic N) is 3. The number of hydrogen-bond acceptors (Lipinski definition) is 4. The molecule has 0 aliphatic carbocycles. The van der Waals surface area contributed by atoms with Gasteiger partial charge in [0, 0.05) is 17.8 Å². The molecule has 130 valence electrons. The van der Waals surface area contributed by atoms with Crippen LogP contribution in [0.5, 0.6) is 0 Å². The Bertz CT molecular complexity index is 815. The van der Waals surface area contributed by atoms with E-state index in [9.17, 15) is 8.42 Å². The molecule has 0 bridgehead atoms. The fourth-order valence-corrected chi connectivity index (χ4v) is 4.35. The van der Waals surface area contributed by atoms with Crippen LogP contribution in [0.1, 0.15) is 28.6 Å². The minimum absolute atomic E-state index is 0.307. The summed E-state index contributed by atoms with van der Waals surface area (Å²) >= 11 is 0. The van der Waals surface area contributed by atoms with Crippen LogP contribution in [0.3, 0.4) is 0 Å². The van der Waals surface area contributed by atoms with Crippen molar-refractivity contribution in [2.75, 3.05) is 26.0 Å². The van der Waals surface area contributed by atoms with Crippen LogP contribution in [0.4, 0.5) is 0 Å². The van der Waals surface area contributed by atoms with Gasteiger partial charge >= 0.3 is 0 Å². The van der Waals surface area contributed by atoms with Crippen LogP contribution in [0.2, 0.25) is 0 Å². The van der Waals surface area contributed by atoms with Crippen molar-refractivity contribution in [2.24, 2.45) is 0 Å². The van der Waals surface area contributed by atoms with Crippen LogP contribution in [0, 0.1) is 13.8 Å². The second kappa shape index (κ2) is 6.66. The number of aromatic nitrogens is 2. The Morgan fingerprint density at radius 1 is 1.25 bits per heavy atom. The van der Waals surface area contributed by atoms with Gasteiger partial charge in [0.1, 0.15) is 0 Å². The molecule has 1 aromatic heterocycles. The summed E-state index contributed by atoms with van der Waals surface area (Å²) in [5.74, 6) is 0. The molecule has 3 rings (SSSR count). The molecule has 0 amide bonds. The van der Waals surface area contributed by atoms with Crippen LogP contribution < -0.4 is 0 Å². The Morgan fingerprint density at radius 2 is 1.96 bits per heavy atom. The lowest BCUT2D eigenvalue weighted by Gasteiger charge is -2.34. The molecule has 6 nitrogen and oxygen atoms in total. The van der Waals surface area contributed by atoms with Crippen molar-refractivity contribution in [3.8, 4) is 0 Å². The number of sulfonamides is 1. The zero-order valence-corrected chi connectivity index (χ0v) is 15.1. The number of aryl methyl sites for hydroxylation is 1. The van der Waals surface area contributed by atoms with Crippen LogP contribution >= 0.6 is 0 Å². The van der Waals surface area contributed by atoms with E-state index in [2.05, 4.69) is 17.2 Å². The maximum atomic E-state index is 12.1.